The Morgan fingerprint density at radius 1 is 1.06 bits per heavy atom. The van der Waals surface area contributed by atoms with E-state index in [2.05, 4.69) is 50.1 Å². The highest BCUT2D eigenvalue weighted by Crippen LogP contribution is 2.25. The molecule has 1 aromatic heterocycles. The van der Waals surface area contributed by atoms with E-state index in [1.54, 1.807) is 0 Å². The lowest BCUT2D eigenvalue weighted by Crippen LogP contribution is -2.29. The van der Waals surface area contributed by atoms with Gasteiger partial charge in [-0.2, -0.15) is 0 Å². The van der Waals surface area contributed by atoms with Crippen molar-refractivity contribution >= 4 is 32.5 Å². The number of benzene rings is 1. The molecule has 0 unspecified atom stereocenters. The molecular weight excluding hydrogens is 276 g/mol. The first-order valence-corrected chi connectivity index (χ1v) is 6.92. The highest BCUT2D eigenvalue weighted by molar-refractivity contribution is 9.10. The summed E-state index contributed by atoms with van der Waals surface area (Å²) in [6.07, 6.45) is 5.85. The number of fused-ring (bicyclic) bond motifs is 1. The predicted molar refractivity (Wildman–Crippen MR) is 75.5 cm³/mol. The summed E-state index contributed by atoms with van der Waals surface area (Å²) in [4.78, 5) is 6.88. The number of hydrogen-bond acceptors (Lipinski definition) is 2. The first-order valence-electron chi connectivity index (χ1n) is 6.13. The van der Waals surface area contributed by atoms with Crippen molar-refractivity contribution in [1.29, 1.82) is 0 Å². The van der Waals surface area contributed by atoms with Crippen molar-refractivity contribution in [2.45, 2.75) is 19.3 Å². The Labute approximate surface area is 110 Å². The minimum absolute atomic E-state index is 1.04. The molecule has 0 aliphatic carbocycles. The molecule has 2 heterocycles. The van der Waals surface area contributed by atoms with Gasteiger partial charge in [0.2, 0.25) is 0 Å². The van der Waals surface area contributed by atoms with Crippen LogP contribution in [0.2, 0.25) is 0 Å². The standard InChI is InChI=1S/C14H15BrN2/c15-12-8-11-9-13(4-5-14(11)16-10-12)17-6-2-1-3-7-17/h4-5,8-10H,1-3,6-7H2. The minimum atomic E-state index is 1.04. The second-order valence-corrected chi connectivity index (χ2v) is 5.49. The van der Waals surface area contributed by atoms with Crippen LogP contribution in [0.25, 0.3) is 10.9 Å². The fourth-order valence-corrected chi connectivity index (χ4v) is 2.79. The lowest BCUT2D eigenvalue weighted by molar-refractivity contribution is 0.578. The Morgan fingerprint density at radius 2 is 1.88 bits per heavy atom. The third-order valence-corrected chi connectivity index (χ3v) is 3.79. The second-order valence-electron chi connectivity index (χ2n) is 4.58. The Kier molecular flexibility index (Phi) is 3.02. The van der Waals surface area contributed by atoms with Crippen molar-refractivity contribution in [3.8, 4) is 0 Å². The molecule has 0 spiro atoms. The number of hydrogen-bond donors (Lipinski definition) is 0. The summed E-state index contributed by atoms with van der Waals surface area (Å²) in [6.45, 7) is 2.37. The molecule has 1 aromatic carbocycles. The molecule has 0 saturated carbocycles. The van der Waals surface area contributed by atoms with Gasteiger partial charge >= 0.3 is 0 Å². The largest absolute Gasteiger partial charge is 0.372 e. The lowest BCUT2D eigenvalue weighted by atomic mass is 10.1. The Bertz CT molecular complexity index is 533. The molecule has 1 fully saturated rings. The van der Waals surface area contributed by atoms with Gasteiger partial charge in [-0.1, -0.05) is 0 Å². The van der Waals surface area contributed by atoms with Crippen LogP contribution < -0.4 is 4.90 Å². The average molecular weight is 291 g/mol. The maximum Gasteiger partial charge on any atom is 0.0704 e. The summed E-state index contributed by atoms with van der Waals surface area (Å²) in [5.74, 6) is 0. The Hall–Kier alpha value is -1.09. The molecule has 0 atom stereocenters. The van der Waals surface area contributed by atoms with Crippen LogP contribution in [0.3, 0.4) is 0 Å². The van der Waals surface area contributed by atoms with Crippen LogP contribution in [0.15, 0.2) is 34.9 Å². The fraction of sp³-hybridized carbons (Fsp3) is 0.357. The summed E-state index contributed by atoms with van der Waals surface area (Å²) >= 11 is 3.48. The van der Waals surface area contributed by atoms with Gasteiger partial charge in [0.25, 0.3) is 0 Å². The average Bonchev–Trinajstić information content (AvgIpc) is 2.39. The van der Waals surface area contributed by atoms with Gasteiger partial charge in [-0.25, -0.2) is 0 Å². The SMILES string of the molecule is Brc1cnc2ccc(N3CCCCC3)cc2c1. The molecule has 1 aliphatic heterocycles. The van der Waals surface area contributed by atoms with Gasteiger partial charge in [0.1, 0.15) is 0 Å². The number of halogens is 1. The van der Waals surface area contributed by atoms with E-state index < -0.39 is 0 Å². The van der Waals surface area contributed by atoms with Crippen molar-refractivity contribution < 1.29 is 0 Å². The molecule has 0 bridgehead atoms. The first kappa shape index (κ1) is 11.0. The zero-order chi connectivity index (χ0) is 11.7. The van der Waals surface area contributed by atoms with Crippen molar-refractivity contribution in [3.05, 3.63) is 34.9 Å². The molecule has 2 aromatic rings. The van der Waals surface area contributed by atoms with E-state index in [0.29, 0.717) is 0 Å². The van der Waals surface area contributed by atoms with Gasteiger partial charge in [0.05, 0.1) is 5.52 Å². The van der Waals surface area contributed by atoms with Gasteiger partial charge < -0.3 is 4.90 Å². The monoisotopic (exact) mass is 290 g/mol. The molecule has 0 amide bonds. The van der Waals surface area contributed by atoms with Gasteiger partial charge in [-0.05, 0) is 59.5 Å². The van der Waals surface area contributed by atoms with Crippen LogP contribution in [-0.2, 0) is 0 Å². The highest BCUT2D eigenvalue weighted by Gasteiger charge is 2.11. The van der Waals surface area contributed by atoms with Crippen LogP contribution in [0, 0.1) is 0 Å². The molecule has 1 saturated heterocycles. The molecule has 3 rings (SSSR count). The van der Waals surface area contributed by atoms with E-state index in [1.807, 2.05) is 6.20 Å². The Morgan fingerprint density at radius 3 is 2.71 bits per heavy atom. The number of rotatable bonds is 1. The van der Waals surface area contributed by atoms with Crippen molar-refractivity contribution in [1.82, 2.24) is 4.98 Å². The summed E-state index contributed by atoms with van der Waals surface area (Å²) < 4.78 is 1.04. The molecule has 88 valence electrons. The number of pyridine rings is 1. The zero-order valence-electron chi connectivity index (χ0n) is 9.69. The number of nitrogens with zero attached hydrogens (tertiary/aromatic N) is 2. The fourth-order valence-electron chi connectivity index (χ4n) is 2.44. The van der Waals surface area contributed by atoms with Gasteiger partial charge in [0, 0.05) is 34.8 Å². The number of piperidine rings is 1. The van der Waals surface area contributed by atoms with E-state index in [1.165, 1.54) is 43.4 Å². The van der Waals surface area contributed by atoms with Gasteiger partial charge in [-0.15, -0.1) is 0 Å². The van der Waals surface area contributed by atoms with Crippen LogP contribution in [-0.4, -0.2) is 18.1 Å². The van der Waals surface area contributed by atoms with E-state index >= 15 is 0 Å². The third-order valence-electron chi connectivity index (χ3n) is 3.35. The molecule has 17 heavy (non-hydrogen) atoms. The molecule has 3 heteroatoms. The van der Waals surface area contributed by atoms with E-state index in [-0.39, 0.29) is 0 Å². The van der Waals surface area contributed by atoms with Gasteiger partial charge in [0.15, 0.2) is 0 Å². The normalized spacial score (nSPS) is 16.4. The molecule has 0 N–H and O–H groups in total. The lowest BCUT2D eigenvalue weighted by Gasteiger charge is -2.28. The third kappa shape index (κ3) is 2.29. The minimum Gasteiger partial charge on any atom is -0.372 e. The summed E-state index contributed by atoms with van der Waals surface area (Å²) in [6, 6.07) is 8.69. The molecule has 1 aliphatic rings. The maximum atomic E-state index is 4.40. The van der Waals surface area contributed by atoms with E-state index in [0.717, 1.165) is 9.99 Å². The number of anilines is 1. The van der Waals surface area contributed by atoms with Crippen molar-refractivity contribution in [3.63, 3.8) is 0 Å². The van der Waals surface area contributed by atoms with Crippen LogP contribution >= 0.6 is 15.9 Å². The molecule has 2 nitrogen and oxygen atoms in total. The molecular formula is C14H15BrN2. The zero-order valence-corrected chi connectivity index (χ0v) is 11.3. The van der Waals surface area contributed by atoms with Crippen molar-refractivity contribution in [2.24, 2.45) is 0 Å². The Balaban J connectivity index is 1.99. The summed E-state index contributed by atoms with van der Waals surface area (Å²) in [5, 5.41) is 1.21. The van der Waals surface area contributed by atoms with E-state index in [9.17, 15) is 0 Å². The van der Waals surface area contributed by atoms with E-state index in [4.69, 9.17) is 0 Å². The van der Waals surface area contributed by atoms with Crippen LogP contribution in [0.1, 0.15) is 19.3 Å². The highest BCUT2D eigenvalue weighted by atomic mass is 79.9. The van der Waals surface area contributed by atoms with Crippen molar-refractivity contribution in [2.75, 3.05) is 18.0 Å². The smallest absolute Gasteiger partial charge is 0.0704 e. The van der Waals surface area contributed by atoms with Crippen LogP contribution in [0.5, 0.6) is 0 Å². The molecule has 0 radical (unpaired) electrons. The van der Waals surface area contributed by atoms with Gasteiger partial charge in [-0.3, -0.25) is 4.98 Å². The second kappa shape index (κ2) is 4.65. The van der Waals surface area contributed by atoms with Crippen LogP contribution in [0.4, 0.5) is 5.69 Å². The topological polar surface area (TPSA) is 16.1 Å². The summed E-state index contributed by atoms with van der Waals surface area (Å²) in [7, 11) is 0. The predicted octanol–water partition coefficient (Wildman–Crippen LogP) is 3.99. The maximum absolute atomic E-state index is 4.40. The first-order chi connectivity index (χ1) is 8.33. The number of aromatic nitrogens is 1. The summed E-state index contributed by atoms with van der Waals surface area (Å²) in [5.41, 5.74) is 2.39. The quantitative estimate of drug-likeness (QED) is 0.790.